The topological polar surface area (TPSA) is 30.7 Å². The lowest BCUT2D eigenvalue weighted by atomic mass is 10.3. The van der Waals surface area contributed by atoms with Gasteiger partial charge < -0.3 is 0 Å². The molecule has 0 saturated carbocycles. The van der Waals surface area contributed by atoms with Crippen LogP contribution in [-0.2, 0) is 13.0 Å². The summed E-state index contributed by atoms with van der Waals surface area (Å²) in [5.41, 5.74) is 1.20. The largest absolute Gasteiger partial charge is 0.248 e. The molecule has 0 spiro atoms. The summed E-state index contributed by atoms with van der Waals surface area (Å²) in [6, 6.07) is 0. The van der Waals surface area contributed by atoms with Crippen LogP contribution in [0.15, 0.2) is 4.60 Å². The summed E-state index contributed by atoms with van der Waals surface area (Å²) in [6.07, 6.45) is 2.17. The van der Waals surface area contributed by atoms with E-state index in [2.05, 4.69) is 40.1 Å². The Bertz CT molecular complexity index is 232. The zero-order valence-corrected chi connectivity index (χ0v) is 8.43. The molecule has 3 nitrogen and oxygen atoms in total. The molecule has 0 bridgehead atoms. The Labute approximate surface area is 74.9 Å². The second kappa shape index (κ2) is 3.85. The minimum absolute atomic E-state index is 0.890. The third-order valence-corrected chi connectivity index (χ3v) is 2.19. The lowest BCUT2D eigenvalue weighted by molar-refractivity contribution is 0.593. The lowest BCUT2D eigenvalue weighted by Gasteiger charge is -2.00. The van der Waals surface area contributed by atoms with Crippen molar-refractivity contribution in [2.24, 2.45) is 0 Å². The van der Waals surface area contributed by atoms with Crippen LogP contribution in [0.4, 0.5) is 0 Å². The van der Waals surface area contributed by atoms with Crippen LogP contribution >= 0.6 is 15.9 Å². The van der Waals surface area contributed by atoms with Crippen LogP contribution in [0.3, 0.4) is 0 Å². The molecule has 0 aromatic carbocycles. The Morgan fingerprint density at radius 3 is 2.73 bits per heavy atom. The smallest absolute Gasteiger partial charge is 0.151 e. The van der Waals surface area contributed by atoms with E-state index in [0.717, 1.165) is 24.0 Å². The van der Waals surface area contributed by atoms with E-state index in [1.165, 1.54) is 5.69 Å². The molecule has 0 atom stereocenters. The van der Waals surface area contributed by atoms with E-state index < -0.39 is 0 Å². The van der Waals surface area contributed by atoms with Crippen LogP contribution in [0, 0.1) is 0 Å². The molecule has 0 radical (unpaired) electrons. The minimum Gasteiger partial charge on any atom is -0.248 e. The molecule has 0 fully saturated rings. The average Bonchev–Trinajstić information content (AvgIpc) is 2.34. The number of hydrogen-bond acceptors (Lipinski definition) is 2. The minimum atomic E-state index is 0.890. The number of hydrogen-bond donors (Lipinski definition) is 0. The van der Waals surface area contributed by atoms with Gasteiger partial charge >= 0.3 is 0 Å². The maximum absolute atomic E-state index is 3.97. The fourth-order valence-electron chi connectivity index (χ4n) is 1.03. The molecule has 0 N–H and O–H groups in total. The Morgan fingerprint density at radius 1 is 1.45 bits per heavy atom. The van der Waals surface area contributed by atoms with Crippen LogP contribution < -0.4 is 0 Å². The fraction of sp³-hybridized carbons (Fsp3) is 0.714. The van der Waals surface area contributed by atoms with Gasteiger partial charge in [0.1, 0.15) is 0 Å². The molecule has 0 aliphatic rings. The Morgan fingerprint density at radius 2 is 2.18 bits per heavy atom. The average molecular weight is 218 g/mol. The van der Waals surface area contributed by atoms with Gasteiger partial charge in [0.25, 0.3) is 0 Å². The van der Waals surface area contributed by atoms with E-state index in [1.807, 2.05) is 4.68 Å². The first-order chi connectivity index (χ1) is 5.29. The van der Waals surface area contributed by atoms with Crippen molar-refractivity contribution in [1.82, 2.24) is 15.0 Å². The molecule has 0 unspecified atom stereocenters. The fourth-order valence-corrected chi connectivity index (χ4v) is 1.51. The molecule has 0 aliphatic carbocycles. The highest BCUT2D eigenvalue weighted by Gasteiger charge is 2.06. The molecule has 0 amide bonds. The highest BCUT2D eigenvalue weighted by molar-refractivity contribution is 9.10. The van der Waals surface area contributed by atoms with Crippen molar-refractivity contribution in [1.29, 1.82) is 0 Å². The number of aryl methyl sites for hydroxylation is 1. The quantitative estimate of drug-likeness (QED) is 0.776. The monoisotopic (exact) mass is 217 g/mol. The summed E-state index contributed by atoms with van der Waals surface area (Å²) in [5.74, 6) is 0. The summed E-state index contributed by atoms with van der Waals surface area (Å²) < 4.78 is 2.81. The van der Waals surface area contributed by atoms with Crippen molar-refractivity contribution < 1.29 is 0 Å². The number of aromatic nitrogens is 3. The van der Waals surface area contributed by atoms with Crippen molar-refractivity contribution >= 4 is 15.9 Å². The van der Waals surface area contributed by atoms with Gasteiger partial charge in [-0.25, -0.2) is 4.68 Å². The highest BCUT2D eigenvalue weighted by Crippen LogP contribution is 2.14. The first-order valence-corrected chi connectivity index (χ1v) is 4.66. The molecule has 1 rings (SSSR count). The predicted molar refractivity (Wildman–Crippen MR) is 47.4 cm³/mol. The van der Waals surface area contributed by atoms with E-state index in [9.17, 15) is 0 Å². The van der Waals surface area contributed by atoms with Crippen molar-refractivity contribution in [3.05, 3.63) is 10.3 Å². The maximum Gasteiger partial charge on any atom is 0.151 e. The zero-order valence-electron chi connectivity index (χ0n) is 6.84. The third kappa shape index (κ3) is 1.80. The maximum atomic E-state index is 3.97. The van der Waals surface area contributed by atoms with Crippen molar-refractivity contribution in [3.8, 4) is 0 Å². The Balaban J connectivity index is 2.88. The van der Waals surface area contributed by atoms with E-state index in [4.69, 9.17) is 0 Å². The Hall–Kier alpha value is -0.380. The standard InChI is InChI=1S/C7H12BrN3/c1-3-5-6-7(8)9-10-11(6)4-2/h3-5H2,1-2H3. The van der Waals surface area contributed by atoms with Gasteiger partial charge in [-0.15, -0.1) is 5.10 Å². The van der Waals surface area contributed by atoms with E-state index >= 15 is 0 Å². The van der Waals surface area contributed by atoms with Gasteiger partial charge in [-0.05, 0) is 29.3 Å². The van der Waals surface area contributed by atoms with Gasteiger partial charge in [0.05, 0.1) is 5.69 Å². The van der Waals surface area contributed by atoms with E-state index in [-0.39, 0.29) is 0 Å². The van der Waals surface area contributed by atoms with Gasteiger partial charge in [0.2, 0.25) is 0 Å². The van der Waals surface area contributed by atoms with Gasteiger partial charge in [-0.1, -0.05) is 18.6 Å². The number of halogens is 1. The zero-order chi connectivity index (χ0) is 8.27. The molecule has 0 saturated heterocycles. The van der Waals surface area contributed by atoms with Gasteiger partial charge in [-0.2, -0.15) is 0 Å². The van der Waals surface area contributed by atoms with Crippen LogP contribution in [0.5, 0.6) is 0 Å². The molecular formula is C7H12BrN3. The Kier molecular flexibility index (Phi) is 3.05. The number of rotatable bonds is 3. The summed E-state index contributed by atoms with van der Waals surface area (Å²) in [4.78, 5) is 0. The lowest BCUT2D eigenvalue weighted by Crippen LogP contribution is -2.02. The first-order valence-electron chi connectivity index (χ1n) is 3.87. The number of nitrogens with zero attached hydrogens (tertiary/aromatic N) is 3. The van der Waals surface area contributed by atoms with E-state index in [1.54, 1.807) is 0 Å². The van der Waals surface area contributed by atoms with Gasteiger partial charge in [-0.3, -0.25) is 0 Å². The van der Waals surface area contributed by atoms with Crippen LogP contribution in [0.1, 0.15) is 26.0 Å². The van der Waals surface area contributed by atoms with Crippen molar-refractivity contribution in [2.45, 2.75) is 33.2 Å². The molecule has 1 heterocycles. The summed E-state index contributed by atoms with van der Waals surface area (Å²) in [5, 5.41) is 7.91. The molecule has 0 aliphatic heterocycles. The predicted octanol–water partition coefficient (Wildman–Crippen LogP) is 2.01. The third-order valence-electron chi connectivity index (χ3n) is 1.58. The molecule has 1 aromatic heterocycles. The molecule has 1 aromatic rings. The SMILES string of the molecule is CCCc1c(Br)nnn1CC. The highest BCUT2D eigenvalue weighted by atomic mass is 79.9. The van der Waals surface area contributed by atoms with Gasteiger partial charge in [0, 0.05) is 6.54 Å². The van der Waals surface area contributed by atoms with Crippen LogP contribution in [0.2, 0.25) is 0 Å². The summed E-state index contributed by atoms with van der Waals surface area (Å²) >= 11 is 3.36. The molecule has 4 heteroatoms. The van der Waals surface area contributed by atoms with E-state index in [0.29, 0.717) is 0 Å². The second-order valence-electron chi connectivity index (χ2n) is 2.39. The molecule has 11 heavy (non-hydrogen) atoms. The van der Waals surface area contributed by atoms with Crippen LogP contribution in [-0.4, -0.2) is 15.0 Å². The normalized spacial score (nSPS) is 10.5. The molecular weight excluding hydrogens is 206 g/mol. The van der Waals surface area contributed by atoms with Gasteiger partial charge in [0.15, 0.2) is 4.60 Å². The molecule has 62 valence electrons. The first kappa shape index (κ1) is 8.71. The van der Waals surface area contributed by atoms with Crippen LogP contribution in [0.25, 0.3) is 0 Å². The second-order valence-corrected chi connectivity index (χ2v) is 3.14. The van der Waals surface area contributed by atoms with Crippen molar-refractivity contribution in [3.63, 3.8) is 0 Å². The summed E-state index contributed by atoms with van der Waals surface area (Å²) in [7, 11) is 0. The summed E-state index contributed by atoms with van der Waals surface area (Å²) in [6.45, 7) is 5.12. The van der Waals surface area contributed by atoms with Crippen molar-refractivity contribution in [2.75, 3.05) is 0 Å².